The molecule has 0 unspecified atom stereocenters. The molecular formula is C23H20O. The van der Waals surface area contributed by atoms with Gasteiger partial charge in [-0.2, -0.15) is 0 Å². The fraction of sp³-hybridized carbons (Fsp3) is 0.174. The molecule has 3 rings (SSSR count). The largest absolute Gasteiger partial charge is 0.289 e. The van der Waals surface area contributed by atoms with Gasteiger partial charge in [0.05, 0.1) is 0 Å². The van der Waals surface area contributed by atoms with E-state index in [0.717, 1.165) is 28.7 Å². The van der Waals surface area contributed by atoms with Gasteiger partial charge in [0.25, 0.3) is 0 Å². The van der Waals surface area contributed by atoms with Gasteiger partial charge in [-0.05, 0) is 32.4 Å². The Morgan fingerprint density at radius 1 is 0.792 bits per heavy atom. The molecular weight excluding hydrogens is 292 g/mol. The number of hydrogen-bond acceptors (Lipinski definition) is 1. The summed E-state index contributed by atoms with van der Waals surface area (Å²) in [5.74, 6) is 6.56. The zero-order valence-corrected chi connectivity index (χ0v) is 14.1. The Morgan fingerprint density at radius 2 is 1.38 bits per heavy atom. The molecule has 118 valence electrons. The summed E-state index contributed by atoms with van der Waals surface area (Å²) in [4.78, 5) is 12.9. The first-order chi connectivity index (χ1) is 11.6. The van der Waals surface area contributed by atoms with Crippen molar-refractivity contribution < 1.29 is 4.79 Å². The van der Waals surface area contributed by atoms with Crippen LogP contribution >= 0.6 is 0 Å². The highest BCUT2D eigenvalue weighted by atomic mass is 16.1. The molecule has 0 spiro atoms. The summed E-state index contributed by atoms with van der Waals surface area (Å²) in [6.07, 6.45) is 1.46. The second kappa shape index (κ2) is 7.15. The van der Waals surface area contributed by atoms with Gasteiger partial charge in [-0.25, -0.2) is 0 Å². The first-order valence-electron chi connectivity index (χ1n) is 8.19. The summed E-state index contributed by atoms with van der Waals surface area (Å²) in [7, 11) is 0. The van der Waals surface area contributed by atoms with E-state index in [1.54, 1.807) is 0 Å². The molecule has 0 aliphatic heterocycles. The van der Waals surface area contributed by atoms with Gasteiger partial charge >= 0.3 is 0 Å². The lowest BCUT2D eigenvalue weighted by Gasteiger charge is -2.19. The number of allylic oxidation sites excluding steroid dienone is 4. The summed E-state index contributed by atoms with van der Waals surface area (Å²) in [5, 5.41) is 0. The normalized spacial score (nSPS) is 14.2. The molecule has 0 heterocycles. The van der Waals surface area contributed by atoms with Gasteiger partial charge in [0, 0.05) is 28.7 Å². The lowest BCUT2D eigenvalue weighted by Crippen LogP contribution is -2.11. The lowest BCUT2D eigenvalue weighted by molar-refractivity contribution is 0.103. The van der Waals surface area contributed by atoms with E-state index in [1.165, 1.54) is 11.1 Å². The van der Waals surface area contributed by atoms with E-state index in [9.17, 15) is 4.79 Å². The van der Waals surface area contributed by atoms with Crippen LogP contribution in [0.3, 0.4) is 0 Å². The van der Waals surface area contributed by atoms with Crippen molar-refractivity contribution in [3.05, 3.63) is 94.1 Å². The number of carbonyl (C=O) groups excluding carboxylic acids is 1. The third-order valence-corrected chi connectivity index (χ3v) is 4.42. The maximum Gasteiger partial charge on any atom is 0.190 e. The minimum atomic E-state index is 0.0970. The highest BCUT2D eigenvalue weighted by Crippen LogP contribution is 2.31. The first kappa shape index (κ1) is 16.0. The van der Waals surface area contributed by atoms with Crippen LogP contribution in [0.4, 0.5) is 0 Å². The van der Waals surface area contributed by atoms with Crippen LogP contribution in [0, 0.1) is 11.8 Å². The standard InChI is InChI=1S/C23H20O/c1-17-15-21(14-13-19-9-5-3-6-10-19)22(16-18(17)2)23(24)20-11-7-4-8-12-20/h3-12H,15-16H2,1-2H3. The summed E-state index contributed by atoms with van der Waals surface area (Å²) in [5.41, 5.74) is 6.10. The lowest BCUT2D eigenvalue weighted by atomic mass is 9.84. The molecule has 1 nitrogen and oxygen atoms in total. The molecule has 0 amide bonds. The highest BCUT2D eigenvalue weighted by molar-refractivity contribution is 6.10. The smallest absolute Gasteiger partial charge is 0.190 e. The maximum absolute atomic E-state index is 12.9. The Hall–Kier alpha value is -2.85. The molecule has 0 bridgehead atoms. The number of Topliss-reactive ketones (excluding diaryl/α,β-unsaturated/α-hetero) is 1. The quantitative estimate of drug-likeness (QED) is 0.415. The molecule has 0 radical (unpaired) electrons. The molecule has 2 aromatic carbocycles. The molecule has 1 aliphatic rings. The van der Waals surface area contributed by atoms with Gasteiger partial charge in [-0.3, -0.25) is 4.79 Å². The summed E-state index contributed by atoms with van der Waals surface area (Å²) < 4.78 is 0. The van der Waals surface area contributed by atoms with Gasteiger partial charge in [0.2, 0.25) is 0 Å². The average molecular weight is 312 g/mol. The van der Waals surface area contributed by atoms with Crippen LogP contribution in [0.2, 0.25) is 0 Å². The molecule has 1 aliphatic carbocycles. The average Bonchev–Trinajstić information content (AvgIpc) is 2.63. The number of carbonyl (C=O) groups is 1. The van der Waals surface area contributed by atoms with E-state index in [0.29, 0.717) is 6.42 Å². The molecule has 0 saturated carbocycles. The zero-order valence-electron chi connectivity index (χ0n) is 14.1. The molecule has 2 aromatic rings. The molecule has 24 heavy (non-hydrogen) atoms. The summed E-state index contributed by atoms with van der Waals surface area (Å²) >= 11 is 0. The predicted octanol–water partition coefficient (Wildman–Crippen LogP) is 5.35. The molecule has 0 N–H and O–H groups in total. The Labute approximate surface area is 143 Å². The fourth-order valence-corrected chi connectivity index (χ4v) is 2.82. The monoisotopic (exact) mass is 312 g/mol. The van der Waals surface area contributed by atoms with Crippen molar-refractivity contribution in [1.29, 1.82) is 0 Å². The van der Waals surface area contributed by atoms with Gasteiger partial charge < -0.3 is 0 Å². The van der Waals surface area contributed by atoms with E-state index in [-0.39, 0.29) is 5.78 Å². The van der Waals surface area contributed by atoms with Crippen LogP contribution in [-0.2, 0) is 0 Å². The highest BCUT2D eigenvalue weighted by Gasteiger charge is 2.21. The number of ketones is 1. The van der Waals surface area contributed by atoms with E-state index in [4.69, 9.17) is 0 Å². The van der Waals surface area contributed by atoms with E-state index >= 15 is 0 Å². The van der Waals surface area contributed by atoms with Crippen LogP contribution < -0.4 is 0 Å². The third kappa shape index (κ3) is 3.55. The first-order valence-corrected chi connectivity index (χ1v) is 8.19. The second-order valence-corrected chi connectivity index (χ2v) is 6.18. The van der Waals surface area contributed by atoms with Gasteiger partial charge in [-0.1, -0.05) is 71.5 Å². The Bertz CT molecular complexity index is 872. The van der Waals surface area contributed by atoms with Crippen LogP contribution in [0.5, 0.6) is 0 Å². The predicted molar refractivity (Wildman–Crippen MR) is 98.7 cm³/mol. The van der Waals surface area contributed by atoms with Crippen LogP contribution in [0.25, 0.3) is 0 Å². The van der Waals surface area contributed by atoms with Crippen molar-refractivity contribution in [2.75, 3.05) is 0 Å². The van der Waals surface area contributed by atoms with Crippen molar-refractivity contribution in [2.45, 2.75) is 26.7 Å². The van der Waals surface area contributed by atoms with Crippen LogP contribution in [-0.4, -0.2) is 5.78 Å². The fourth-order valence-electron chi connectivity index (χ4n) is 2.82. The maximum atomic E-state index is 12.9. The van der Waals surface area contributed by atoms with E-state index in [1.807, 2.05) is 60.7 Å². The van der Waals surface area contributed by atoms with E-state index < -0.39 is 0 Å². The van der Waals surface area contributed by atoms with Crippen LogP contribution in [0.1, 0.15) is 42.6 Å². The summed E-state index contributed by atoms with van der Waals surface area (Å²) in [6.45, 7) is 4.23. The van der Waals surface area contributed by atoms with E-state index in [2.05, 4.69) is 25.7 Å². The van der Waals surface area contributed by atoms with Crippen LogP contribution in [0.15, 0.2) is 83.0 Å². The second-order valence-electron chi connectivity index (χ2n) is 6.18. The van der Waals surface area contributed by atoms with Crippen molar-refractivity contribution in [3.63, 3.8) is 0 Å². The molecule has 0 saturated heterocycles. The molecule has 0 aromatic heterocycles. The van der Waals surface area contributed by atoms with Crippen molar-refractivity contribution in [3.8, 4) is 11.8 Å². The van der Waals surface area contributed by atoms with Gasteiger partial charge in [0.1, 0.15) is 0 Å². The van der Waals surface area contributed by atoms with Gasteiger partial charge in [-0.15, -0.1) is 0 Å². The van der Waals surface area contributed by atoms with Gasteiger partial charge in [0.15, 0.2) is 5.78 Å². The topological polar surface area (TPSA) is 17.1 Å². The Balaban J connectivity index is 2.00. The number of rotatable bonds is 2. The molecule has 0 atom stereocenters. The minimum absolute atomic E-state index is 0.0970. The molecule has 0 fully saturated rings. The van der Waals surface area contributed by atoms with Crippen molar-refractivity contribution >= 4 is 5.78 Å². The SMILES string of the molecule is CC1=C(C)CC(C(=O)c2ccccc2)=C(C#Cc2ccccc2)C1. The number of hydrogen-bond donors (Lipinski definition) is 0. The Kier molecular flexibility index (Phi) is 4.77. The molecule has 1 heteroatoms. The van der Waals surface area contributed by atoms with Crippen molar-refractivity contribution in [2.24, 2.45) is 0 Å². The summed E-state index contributed by atoms with van der Waals surface area (Å²) in [6, 6.07) is 19.4. The minimum Gasteiger partial charge on any atom is -0.289 e. The van der Waals surface area contributed by atoms with Crippen molar-refractivity contribution in [1.82, 2.24) is 0 Å². The number of benzene rings is 2. The Morgan fingerprint density at radius 3 is 2.04 bits per heavy atom. The zero-order chi connectivity index (χ0) is 16.9. The third-order valence-electron chi connectivity index (χ3n) is 4.42.